The number of ether oxygens (including phenoxy) is 1. The van der Waals surface area contributed by atoms with Gasteiger partial charge in [-0.25, -0.2) is 8.42 Å². The first-order valence-corrected chi connectivity index (χ1v) is 13.2. The molecule has 2 aromatic carbocycles. The van der Waals surface area contributed by atoms with E-state index in [0.717, 1.165) is 29.0 Å². The molecule has 34 heavy (non-hydrogen) atoms. The highest BCUT2D eigenvalue weighted by Crippen LogP contribution is 2.22. The van der Waals surface area contributed by atoms with E-state index in [9.17, 15) is 18.0 Å². The second-order valence-electron chi connectivity index (χ2n) is 7.94. The summed E-state index contributed by atoms with van der Waals surface area (Å²) in [6.45, 7) is 3.83. The molecular weight excluding hydrogens is 478 g/mol. The number of sulfonamides is 1. The van der Waals surface area contributed by atoms with Gasteiger partial charge >= 0.3 is 0 Å². The number of carbonyl (C=O) groups excluding carboxylic acids is 2. The second-order valence-corrected chi connectivity index (χ2v) is 10.3. The zero-order valence-electron chi connectivity index (χ0n) is 20.0. The predicted octanol–water partition coefficient (Wildman–Crippen LogP) is 3.45. The fourth-order valence-electron chi connectivity index (χ4n) is 3.27. The largest absolute Gasteiger partial charge is 0.497 e. The fraction of sp³-hybridized carbons (Fsp3) is 0.417. The van der Waals surface area contributed by atoms with Crippen molar-refractivity contribution in [3.63, 3.8) is 0 Å². The molecular formula is C24H32ClN3O5S. The van der Waals surface area contributed by atoms with E-state index in [1.165, 1.54) is 17.0 Å². The van der Waals surface area contributed by atoms with Crippen molar-refractivity contribution in [2.24, 2.45) is 0 Å². The number of hydrogen-bond acceptors (Lipinski definition) is 5. The van der Waals surface area contributed by atoms with Gasteiger partial charge in [0.2, 0.25) is 21.8 Å². The molecule has 1 atom stereocenters. The minimum atomic E-state index is -3.78. The zero-order chi connectivity index (χ0) is 25.3. The monoisotopic (exact) mass is 509 g/mol. The number of carbonyl (C=O) groups is 2. The van der Waals surface area contributed by atoms with Crippen molar-refractivity contribution < 1.29 is 22.7 Å². The lowest BCUT2D eigenvalue weighted by atomic mass is 10.1. The number of nitrogens with one attached hydrogen (secondary N) is 1. The molecule has 0 aromatic heterocycles. The second kappa shape index (κ2) is 12.6. The van der Waals surface area contributed by atoms with E-state index in [2.05, 4.69) is 5.32 Å². The van der Waals surface area contributed by atoms with Gasteiger partial charge in [0.1, 0.15) is 18.3 Å². The Morgan fingerprint density at radius 2 is 1.71 bits per heavy atom. The number of halogens is 1. The molecule has 2 rings (SSSR count). The van der Waals surface area contributed by atoms with Gasteiger partial charge < -0.3 is 15.0 Å². The molecule has 0 radical (unpaired) electrons. The van der Waals surface area contributed by atoms with Gasteiger partial charge in [0.25, 0.3) is 0 Å². The van der Waals surface area contributed by atoms with Crippen LogP contribution >= 0.6 is 11.6 Å². The standard InChI is InChI=1S/C24H32ClN3O5S/c1-5-6-15-26-24(30)18(2)27(16-19-7-13-22(33-3)14-8-19)23(29)17-28(34(4,31)32)21-11-9-20(25)10-12-21/h7-14,18H,5-6,15-17H2,1-4H3,(H,26,30)/t18-/m0/s1. The van der Waals surface area contributed by atoms with Crippen LogP contribution in [0.4, 0.5) is 5.69 Å². The molecule has 0 bridgehead atoms. The molecule has 0 spiro atoms. The number of benzene rings is 2. The lowest BCUT2D eigenvalue weighted by molar-refractivity contribution is -0.139. The number of nitrogens with zero attached hydrogens (tertiary/aromatic N) is 2. The van der Waals surface area contributed by atoms with Gasteiger partial charge in [-0.3, -0.25) is 13.9 Å². The van der Waals surface area contributed by atoms with Crippen LogP contribution in [0.15, 0.2) is 48.5 Å². The predicted molar refractivity (Wildman–Crippen MR) is 135 cm³/mol. The van der Waals surface area contributed by atoms with Gasteiger partial charge in [-0.05, 0) is 55.3 Å². The Hall–Kier alpha value is -2.78. The van der Waals surface area contributed by atoms with Crippen LogP contribution in [0.25, 0.3) is 0 Å². The normalized spacial score (nSPS) is 12.0. The van der Waals surface area contributed by atoms with Gasteiger partial charge in [0.15, 0.2) is 0 Å². The minimum absolute atomic E-state index is 0.128. The summed E-state index contributed by atoms with van der Waals surface area (Å²) in [5.74, 6) is -0.139. The van der Waals surface area contributed by atoms with E-state index in [4.69, 9.17) is 16.3 Å². The van der Waals surface area contributed by atoms with E-state index in [1.807, 2.05) is 6.92 Å². The van der Waals surface area contributed by atoms with E-state index in [1.54, 1.807) is 50.4 Å². The number of rotatable bonds is 12. The van der Waals surface area contributed by atoms with E-state index in [0.29, 0.717) is 23.0 Å². The molecule has 0 fully saturated rings. The fourth-order valence-corrected chi connectivity index (χ4v) is 4.24. The Balaban J connectivity index is 2.32. The smallest absolute Gasteiger partial charge is 0.244 e. The highest BCUT2D eigenvalue weighted by atomic mass is 35.5. The molecule has 0 aliphatic heterocycles. The summed E-state index contributed by atoms with van der Waals surface area (Å²) in [6.07, 6.45) is 2.78. The van der Waals surface area contributed by atoms with E-state index in [-0.39, 0.29) is 12.5 Å². The number of methoxy groups -OCH3 is 1. The number of unbranched alkanes of at least 4 members (excludes halogenated alkanes) is 1. The van der Waals surface area contributed by atoms with Gasteiger partial charge in [-0.15, -0.1) is 0 Å². The topological polar surface area (TPSA) is 96.0 Å². The molecule has 0 aliphatic carbocycles. The lowest BCUT2D eigenvalue weighted by Gasteiger charge is -2.31. The summed E-state index contributed by atoms with van der Waals surface area (Å²) in [5, 5.41) is 3.29. The molecule has 0 aliphatic rings. The maximum Gasteiger partial charge on any atom is 0.244 e. The Kier molecular flexibility index (Phi) is 10.2. The number of hydrogen-bond donors (Lipinski definition) is 1. The molecule has 8 nitrogen and oxygen atoms in total. The molecule has 0 unspecified atom stereocenters. The van der Waals surface area contributed by atoms with Gasteiger partial charge in [-0.2, -0.15) is 0 Å². The maximum atomic E-state index is 13.4. The van der Waals surface area contributed by atoms with Gasteiger partial charge in [0, 0.05) is 18.1 Å². The summed E-state index contributed by atoms with van der Waals surface area (Å²) >= 11 is 5.93. The lowest BCUT2D eigenvalue weighted by Crippen LogP contribution is -2.51. The van der Waals surface area contributed by atoms with Crippen molar-refractivity contribution in [1.82, 2.24) is 10.2 Å². The van der Waals surface area contributed by atoms with Crippen molar-refractivity contribution >= 4 is 39.1 Å². The Bertz CT molecular complexity index is 1060. The number of amides is 2. The van der Waals surface area contributed by atoms with Crippen molar-refractivity contribution in [1.29, 1.82) is 0 Å². The summed E-state index contributed by atoms with van der Waals surface area (Å²) in [5.41, 5.74) is 1.09. The average Bonchev–Trinajstić information content (AvgIpc) is 2.81. The highest BCUT2D eigenvalue weighted by molar-refractivity contribution is 7.92. The minimum Gasteiger partial charge on any atom is -0.497 e. The van der Waals surface area contributed by atoms with Gasteiger partial charge in [-0.1, -0.05) is 37.1 Å². The molecule has 186 valence electrons. The van der Waals surface area contributed by atoms with Crippen LogP contribution in [0.3, 0.4) is 0 Å². The molecule has 0 heterocycles. The summed E-state index contributed by atoms with van der Waals surface area (Å²) in [7, 11) is -2.22. The molecule has 1 N–H and O–H groups in total. The molecule has 10 heteroatoms. The van der Waals surface area contributed by atoms with Crippen molar-refractivity contribution in [2.75, 3.05) is 30.8 Å². The van der Waals surface area contributed by atoms with Crippen LogP contribution in [0.2, 0.25) is 5.02 Å². The van der Waals surface area contributed by atoms with Crippen molar-refractivity contribution in [3.05, 3.63) is 59.1 Å². The third-order valence-electron chi connectivity index (χ3n) is 5.30. The maximum absolute atomic E-state index is 13.4. The number of anilines is 1. The quantitative estimate of drug-likeness (QED) is 0.442. The zero-order valence-corrected chi connectivity index (χ0v) is 21.5. The highest BCUT2D eigenvalue weighted by Gasteiger charge is 2.30. The molecule has 2 amide bonds. The first-order valence-electron chi connectivity index (χ1n) is 11.0. The third kappa shape index (κ3) is 7.92. The Morgan fingerprint density at radius 1 is 1.09 bits per heavy atom. The van der Waals surface area contributed by atoms with Crippen molar-refractivity contribution in [2.45, 2.75) is 39.3 Å². The first-order chi connectivity index (χ1) is 16.1. The van der Waals surface area contributed by atoms with Crippen LogP contribution in [-0.4, -0.2) is 57.6 Å². The SMILES string of the molecule is CCCCNC(=O)[C@H](C)N(Cc1ccc(OC)cc1)C(=O)CN(c1ccc(Cl)cc1)S(C)(=O)=O. The third-order valence-corrected chi connectivity index (χ3v) is 6.70. The molecule has 0 saturated heterocycles. The van der Waals surface area contributed by atoms with Crippen LogP contribution in [0.1, 0.15) is 32.3 Å². The summed E-state index contributed by atoms with van der Waals surface area (Å²) in [6, 6.07) is 12.5. The van der Waals surface area contributed by atoms with Crippen LogP contribution in [-0.2, 0) is 26.2 Å². The van der Waals surface area contributed by atoms with Gasteiger partial charge in [0.05, 0.1) is 19.1 Å². The van der Waals surface area contributed by atoms with Crippen molar-refractivity contribution in [3.8, 4) is 5.75 Å². The van der Waals surface area contributed by atoms with Crippen LogP contribution in [0, 0.1) is 0 Å². The van der Waals surface area contributed by atoms with Crippen LogP contribution in [0.5, 0.6) is 5.75 Å². The molecule has 2 aromatic rings. The first kappa shape index (κ1) is 27.5. The average molecular weight is 510 g/mol. The van der Waals surface area contributed by atoms with Crippen LogP contribution < -0.4 is 14.4 Å². The summed E-state index contributed by atoms with van der Waals surface area (Å²) < 4.78 is 31.2. The Labute approximate surface area is 206 Å². The van der Waals surface area contributed by atoms with E-state index >= 15 is 0 Å². The van der Waals surface area contributed by atoms with E-state index < -0.39 is 28.5 Å². The summed E-state index contributed by atoms with van der Waals surface area (Å²) in [4.78, 5) is 27.6. The molecule has 0 saturated carbocycles. The Morgan fingerprint density at radius 3 is 2.24 bits per heavy atom.